The molecule has 0 aromatic carbocycles. The summed E-state index contributed by atoms with van der Waals surface area (Å²) in [6.07, 6.45) is 9.75. The van der Waals surface area contributed by atoms with Gasteiger partial charge >= 0.3 is 0 Å². The van der Waals surface area contributed by atoms with Crippen LogP contribution in [-0.4, -0.2) is 25.4 Å². The molecule has 2 N–H and O–H groups in total. The van der Waals surface area contributed by atoms with E-state index in [0.29, 0.717) is 25.2 Å². The van der Waals surface area contributed by atoms with Crippen LogP contribution in [0.1, 0.15) is 43.6 Å². The van der Waals surface area contributed by atoms with Gasteiger partial charge in [0, 0.05) is 40.8 Å². The highest BCUT2D eigenvalue weighted by Crippen LogP contribution is 2.38. The summed E-state index contributed by atoms with van der Waals surface area (Å²) in [4.78, 5) is 9.01. The molecule has 1 saturated carbocycles. The molecule has 0 bridgehead atoms. The normalized spacial score (nSPS) is 16.1. The molecule has 7 heteroatoms. The lowest BCUT2D eigenvalue weighted by Crippen LogP contribution is -2.31. The van der Waals surface area contributed by atoms with E-state index in [0.717, 1.165) is 64.0 Å². The molecule has 6 nitrogen and oxygen atoms in total. The molecule has 5 rings (SSSR count). The van der Waals surface area contributed by atoms with Gasteiger partial charge in [-0.05, 0) is 44.9 Å². The number of pyridine rings is 2. The van der Waals surface area contributed by atoms with E-state index in [-0.39, 0.29) is 0 Å². The lowest BCUT2D eigenvalue weighted by molar-refractivity contribution is 0.0873. The van der Waals surface area contributed by atoms with Crippen LogP contribution in [0.15, 0.2) is 41.3 Å². The van der Waals surface area contributed by atoms with Crippen molar-refractivity contribution >= 4 is 16.9 Å². The number of hydrogen-bond donors (Lipinski definition) is 1. The molecular weight excluding hydrogens is 393 g/mol. The van der Waals surface area contributed by atoms with Crippen LogP contribution >= 0.6 is 0 Å². The number of rotatable bonds is 4. The Morgan fingerprint density at radius 2 is 1.87 bits per heavy atom. The summed E-state index contributed by atoms with van der Waals surface area (Å²) in [5, 5.41) is 4.07. The molecule has 0 saturated heterocycles. The second-order valence-corrected chi connectivity index (χ2v) is 8.64. The van der Waals surface area contributed by atoms with Crippen molar-refractivity contribution in [3.05, 3.63) is 48.2 Å². The Balaban J connectivity index is 1.67. The van der Waals surface area contributed by atoms with Crippen LogP contribution in [0.2, 0.25) is 0 Å². The van der Waals surface area contributed by atoms with Gasteiger partial charge in [0.2, 0.25) is 0 Å². The van der Waals surface area contributed by atoms with Gasteiger partial charge in [-0.25, -0.2) is 9.37 Å². The summed E-state index contributed by atoms with van der Waals surface area (Å²) < 4.78 is 23.0. The van der Waals surface area contributed by atoms with Gasteiger partial charge in [0.05, 0.1) is 23.3 Å². The van der Waals surface area contributed by atoms with E-state index < -0.39 is 5.67 Å². The van der Waals surface area contributed by atoms with Crippen LogP contribution in [0.5, 0.6) is 0 Å². The molecule has 0 atom stereocenters. The van der Waals surface area contributed by atoms with Gasteiger partial charge in [-0.1, -0.05) is 24.4 Å². The number of hydrogen-bond acceptors (Lipinski definition) is 5. The lowest BCUT2D eigenvalue weighted by atomic mass is 9.86. The Hall–Kier alpha value is -3.22. The van der Waals surface area contributed by atoms with E-state index in [2.05, 4.69) is 16.2 Å². The second kappa shape index (κ2) is 7.48. The highest BCUT2D eigenvalue weighted by atomic mass is 19.1. The van der Waals surface area contributed by atoms with Crippen molar-refractivity contribution in [1.29, 1.82) is 0 Å². The molecule has 1 aliphatic rings. The first kappa shape index (κ1) is 19.7. The first-order valence-electron chi connectivity index (χ1n) is 10.8. The number of anilines is 1. The van der Waals surface area contributed by atoms with Crippen molar-refractivity contribution in [2.24, 2.45) is 0 Å². The highest BCUT2D eigenvalue weighted by Gasteiger charge is 2.33. The molecule has 0 radical (unpaired) electrons. The monoisotopic (exact) mass is 419 g/mol. The van der Waals surface area contributed by atoms with Crippen molar-refractivity contribution in [3.63, 3.8) is 0 Å². The summed E-state index contributed by atoms with van der Waals surface area (Å²) in [7, 11) is 0. The third-order valence-electron chi connectivity index (χ3n) is 6.34. The van der Waals surface area contributed by atoms with Crippen LogP contribution in [0.3, 0.4) is 0 Å². The Bertz CT molecular complexity index is 1220. The fraction of sp³-hybridized carbons (Fsp3) is 0.375. The summed E-state index contributed by atoms with van der Waals surface area (Å²) >= 11 is 0. The van der Waals surface area contributed by atoms with Gasteiger partial charge in [-0.15, -0.1) is 0 Å². The quantitative estimate of drug-likeness (QED) is 0.464. The van der Waals surface area contributed by atoms with Crippen molar-refractivity contribution in [3.8, 4) is 22.3 Å². The molecular formula is C24H26FN5O. The predicted octanol–water partition coefficient (Wildman–Crippen LogP) is 5.62. The number of alkyl halides is 1. The van der Waals surface area contributed by atoms with Gasteiger partial charge in [-0.3, -0.25) is 4.98 Å². The van der Waals surface area contributed by atoms with E-state index in [4.69, 9.17) is 15.2 Å². The molecule has 0 unspecified atom stereocenters. The van der Waals surface area contributed by atoms with Crippen LogP contribution < -0.4 is 5.73 Å². The second-order valence-electron chi connectivity index (χ2n) is 8.64. The fourth-order valence-electron chi connectivity index (χ4n) is 4.75. The summed E-state index contributed by atoms with van der Waals surface area (Å²) in [6, 6.07) is 5.76. The Morgan fingerprint density at radius 1 is 1.10 bits per heavy atom. The smallest absolute Gasteiger partial charge is 0.141 e. The molecule has 4 heterocycles. The van der Waals surface area contributed by atoms with Crippen molar-refractivity contribution in [1.82, 2.24) is 19.7 Å². The third-order valence-corrected chi connectivity index (χ3v) is 6.34. The first-order chi connectivity index (χ1) is 14.9. The maximum Gasteiger partial charge on any atom is 0.141 e. The van der Waals surface area contributed by atoms with Crippen LogP contribution in [0.4, 0.5) is 10.2 Å². The molecule has 160 valence electrons. The predicted molar refractivity (Wildman–Crippen MR) is 119 cm³/mol. The zero-order valence-corrected chi connectivity index (χ0v) is 17.9. The minimum absolute atomic E-state index is 0.318. The minimum atomic E-state index is -1.19. The Kier molecular flexibility index (Phi) is 4.76. The summed E-state index contributed by atoms with van der Waals surface area (Å²) in [5.41, 5.74) is 10.8. The van der Waals surface area contributed by atoms with Crippen LogP contribution in [-0.2, 0) is 6.54 Å². The molecule has 0 spiro atoms. The number of fused-ring (bicyclic) bond motifs is 1. The topological polar surface area (TPSA) is 82.8 Å². The van der Waals surface area contributed by atoms with Crippen LogP contribution in [0, 0.1) is 13.8 Å². The molecule has 0 amide bonds. The molecule has 0 aliphatic heterocycles. The summed E-state index contributed by atoms with van der Waals surface area (Å²) in [5.74, 6) is 1.21. The number of halogens is 1. The number of nitrogens with two attached hydrogens (primary N) is 1. The Morgan fingerprint density at radius 3 is 2.55 bits per heavy atom. The van der Waals surface area contributed by atoms with Gasteiger partial charge < -0.3 is 14.8 Å². The highest BCUT2D eigenvalue weighted by molar-refractivity contribution is 5.95. The number of aromatic nitrogens is 4. The SMILES string of the molecule is Cc1noc(C)c1-c1cnc2c(-c3ccc(N)nc3)cn(CC3(F)CCCCC3)c2c1. The molecule has 4 aromatic rings. The maximum atomic E-state index is 15.7. The van der Waals surface area contributed by atoms with E-state index >= 15 is 4.39 Å². The van der Waals surface area contributed by atoms with E-state index in [1.807, 2.05) is 36.9 Å². The number of nitrogens with zero attached hydrogens (tertiary/aromatic N) is 4. The molecule has 1 fully saturated rings. The fourth-order valence-corrected chi connectivity index (χ4v) is 4.75. The number of nitrogen functional groups attached to an aromatic ring is 1. The van der Waals surface area contributed by atoms with Gasteiger partial charge in [0.15, 0.2) is 0 Å². The maximum absolute atomic E-state index is 15.7. The third kappa shape index (κ3) is 3.58. The van der Waals surface area contributed by atoms with E-state index in [1.165, 1.54) is 0 Å². The lowest BCUT2D eigenvalue weighted by Gasteiger charge is -2.30. The van der Waals surface area contributed by atoms with Gasteiger partial charge in [0.25, 0.3) is 0 Å². The van der Waals surface area contributed by atoms with Crippen molar-refractivity contribution in [2.45, 2.75) is 58.2 Å². The van der Waals surface area contributed by atoms with Gasteiger partial charge in [-0.2, -0.15) is 0 Å². The van der Waals surface area contributed by atoms with Crippen LogP contribution in [0.25, 0.3) is 33.3 Å². The van der Waals surface area contributed by atoms with E-state index in [1.54, 1.807) is 12.3 Å². The zero-order chi connectivity index (χ0) is 21.6. The first-order valence-corrected chi connectivity index (χ1v) is 10.8. The average Bonchev–Trinajstić information content (AvgIpc) is 3.28. The average molecular weight is 420 g/mol. The largest absolute Gasteiger partial charge is 0.384 e. The molecule has 4 aromatic heterocycles. The summed E-state index contributed by atoms with van der Waals surface area (Å²) in [6.45, 7) is 4.13. The standard InChI is InChI=1S/C24H26FN5O/c1-15-22(16(2)31-29-15)18-10-20-23(28-12-18)19(17-6-7-21(26)27-11-17)13-30(20)14-24(25)8-4-3-5-9-24/h6-7,10-13H,3-5,8-9,14H2,1-2H3,(H2,26,27). The minimum Gasteiger partial charge on any atom is -0.384 e. The molecule has 1 aliphatic carbocycles. The van der Waals surface area contributed by atoms with Crippen molar-refractivity contribution < 1.29 is 8.91 Å². The Labute approximate surface area is 180 Å². The van der Waals surface area contributed by atoms with Crippen molar-refractivity contribution in [2.75, 3.05) is 5.73 Å². The number of aryl methyl sites for hydroxylation is 2. The molecule has 31 heavy (non-hydrogen) atoms. The zero-order valence-electron chi connectivity index (χ0n) is 17.9. The van der Waals surface area contributed by atoms with E-state index in [9.17, 15) is 0 Å². The van der Waals surface area contributed by atoms with Gasteiger partial charge in [0.1, 0.15) is 17.2 Å².